The number of rotatable bonds is 6. The quantitative estimate of drug-likeness (QED) is 0.877. The number of hydrogen-bond acceptors (Lipinski definition) is 3. The average Bonchev–Trinajstić information content (AvgIpc) is 2.43. The van der Waals surface area contributed by atoms with Gasteiger partial charge in [-0.25, -0.2) is 0 Å². The lowest BCUT2D eigenvalue weighted by atomic mass is 10.3. The molecule has 1 aromatic heterocycles. The summed E-state index contributed by atoms with van der Waals surface area (Å²) in [5.74, 6) is 0.645. The molecule has 1 aromatic carbocycles. The normalized spacial score (nSPS) is 12.2. The van der Waals surface area contributed by atoms with E-state index in [0.717, 1.165) is 12.1 Å². The molecule has 20 heavy (non-hydrogen) atoms. The van der Waals surface area contributed by atoms with Crippen molar-refractivity contribution >= 4 is 23.2 Å². The molecule has 1 unspecified atom stereocenters. The minimum atomic E-state index is 0.00495. The molecule has 0 saturated heterocycles. The van der Waals surface area contributed by atoms with E-state index in [1.54, 1.807) is 24.4 Å². The summed E-state index contributed by atoms with van der Waals surface area (Å²) in [5.41, 5.74) is 1.14. The van der Waals surface area contributed by atoms with Gasteiger partial charge in [0.15, 0.2) is 0 Å². The van der Waals surface area contributed by atoms with E-state index < -0.39 is 0 Å². The summed E-state index contributed by atoms with van der Waals surface area (Å²) < 4.78 is 5.77. The van der Waals surface area contributed by atoms with Gasteiger partial charge in [-0.2, -0.15) is 0 Å². The van der Waals surface area contributed by atoms with Crippen LogP contribution in [0.3, 0.4) is 0 Å². The molecule has 2 rings (SSSR count). The first-order chi connectivity index (χ1) is 9.65. The molecule has 2 aromatic rings. The molecule has 0 bridgehead atoms. The van der Waals surface area contributed by atoms with Gasteiger partial charge in [-0.3, -0.25) is 4.98 Å². The predicted molar refractivity (Wildman–Crippen MR) is 82.5 cm³/mol. The zero-order valence-electron chi connectivity index (χ0n) is 11.1. The molecule has 0 saturated carbocycles. The second-order valence-electron chi connectivity index (χ2n) is 4.50. The molecule has 1 heterocycles. The highest BCUT2D eigenvalue weighted by Gasteiger charge is 2.07. The van der Waals surface area contributed by atoms with Gasteiger partial charge in [0.25, 0.3) is 0 Å². The van der Waals surface area contributed by atoms with Crippen molar-refractivity contribution in [2.45, 2.75) is 19.6 Å². The maximum absolute atomic E-state index is 6.07. The van der Waals surface area contributed by atoms with E-state index in [-0.39, 0.29) is 6.10 Å². The standard InChI is InChI=1S/C15H16Cl2N2O/c1-11(8-19-10-12-3-2-6-18-9-12)20-15-5-4-13(16)7-14(15)17/h2-7,9,11,19H,8,10H2,1H3. The second-order valence-corrected chi connectivity index (χ2v) is 5.34. The van der Waals surface area contributed by atoms with E-state index >= 15 is 0 Å². The predicted octanol–water partition coefficient (Wildman–Crippen LogP) is 3.95. The summed E-state index contributed by atoms with van der Waals surface area (Å²) >= 11 is 11.9. The molecule has 0 aliphatic rings. The number of halogens is 2. The zero-order valence-corrected chi connectivity index (χ0v) is 12.7. The van der Waals surface area contributed by atoms with Crippen LogP contribution in [0.5, 0.6) is 5.75 Å². The van der Waals surface area contributed by atoms with Crippen LogP contribution < -0.4 is 10.1 Å². The molecule has 0 aliphatic heterocycles. The maximum atomic E-state index is 6.07. The first-order valence-electron chi connectivity index (χ1n) is 6.36. The maximum Gasteiger partial charge on any atom is 0.138 e. The van der Waals surface area contributed by atoms with Crippen LogP contribution in [-0.2, 0) is 6.54 Å². The van der Waals surface area contributed by atoms with Crippen molar-refractivity contribution < 1.29 is 4.74 Å². The molecular formula is C15H16Cl2N2O. The molecule has 0 spiro atoms. The number of hydrogen-bond donors (Lipinski definition) is 1. The lowest BCUT2D eigenvalue weighted by Crippen LogP contribution is -2.28. The minimum Gasteiger partial charge on any atom is -0.488 e. The van der Waals surface area contributed by atoms with Crippen molar-refractivity contribution in [3.63, 3.8) is 0 Å². The Balaban J connectivity index is 1.79. The summed E-state index contributed by atoms with van der Waals surface area (Å²) in [6, 6.07) is 9.17. The van der Waals surface area contributed by atoms with Crippen LogP contribution in [0, 0.1) is 0 Å². The summed E-state index contributed by atoms with van der Waals surface area (Å²) in [7, 11) is 0. The van der Waals surface area contributed by atoms with E-state index in [9.17, 15) is 0 Å². The Morgan fingerprint density at radius 1 is 1.30 bits per heavy atom. The first kappa shape index (κ1) is 15.1. The number of pyridine rings is 1. The van der Waals surface area contributed by atoms with Gasteiger partial charge < -0.3 is 10.1 Å². The van der Waals surface area contributed by atoms with Gasteiger partial charge in [0.2, 0.25) is 0 Å². The van der Waals surface area contributed by atoms with Crippen molar-refractivity contribution in [1.82, 2.24) is 10.3 Å². The molecule has 106 valence electrons. The highest BCUT2D eigenvalue weighted by Crippen LogP contribution is 2.28. The van der Waals surface area contributed by atoms with Crippen molar-refractivity contribution in [2.24, 2.45) is 0 Å². The highest BCUT2D eigenvalue weighted by molar-refractivity contribution is 6.35. The fraction of sp³-hybridized carbons (Fsp3) is 0.267. The van der Waals surface area contributed by atoms with Gasteiger partial charge in [0, 0.05) is 30.5 Å². The molecular weight excluding hydrogens is 295 g/mol. The SMILES string of the molecule is CC(CNCc1cccnc1)Oc1ccc(Cl)cc1Cl. The third-order valence-electron chi connectivity index (χ3n) is 2.71. The monoisotopic (exact) mass is 310 g/mol. The molecule has 5 heteroatoms. The van der Waals surface area contributed by atoms with Gasteiger partial charge in [-0.1, -0.05) is 29.3 Å². The Morgan fingerprint density at radius 3 is 2.85 bits per heavy atom. The Hall–Kier alpha value is -1.29. The summed E-state index contributed by atoms with van der Waals surface area (Å²) in [5, 5.41) is 4.44. The topological polar surface area (TPSA) is 34.2 Å². The summed E-state index contributed by atoms with van der Waals surface area (Å²) in [4.78, 5) is 4.07. The van der Waals surface area contributed by atoms with E-state index in [2.05, 4.69) is 10.3 Å². The van der Waals surface area contributed by atoms with Crippen LogP contribution in [0.15, 0.2) is 42.7 Å². The number of aromatic nitrogens is 1. The number of benzene rings is 1. The molecule has 1 N–H and O–H groups in total. The Morgan fingerprint density at radius 2 is 2.15 bits per heavy atom. The zero-order chi connectivity index (χ0) is 14.4. The van der Waals surface area contributed by atoms with E-state index in [1.165, 1.54) is 0 Å². The summed E-state index contributed by atoms with van der Waals surface area (Å²) in [6.07, 6.45) is 3.61. The lowest BCUT2D eigenvalue weighted by Gasteiger charge is -2.16. The average molecular weight is 311 g/mol. The third-order valence-corrected chi connectivity index (χ3v) is 3.24. The molecule has 0 aliphatic carbocycles. The van der Waals surface area contributed by atoms with Gasteiger partial charge in [-0.05, 0) is 36.8 Å². The van der Waals surface area contributed by atoms with Crippen LogP contribution in [0.25, 0.3) is 0 Å². The van der Waals surface area contributed by atoms with E-state index in [4.69, 9.17) is 27.9 Å². The van der Waals surface area contributed by atoms with Crippen LogP contribution in [0.1, 0.15) is 12.5 Å². The van der Waals surface area contributed by atoms with Crippen LogP contribution in [-0.4, -0.2) is 17.6 Å². The summed E-state index contributed by atoms with van der Waals surface area (Å²) in [6.45, 7) is 3.46. The van der Waals surface area contributed by atoms with Crippen LogP contribution in [0.4, 0.5) is 0 Å². The number of ether oxygens (including phenoxy) is 1. The Labute approximate surface area is 128 Å². The van der Waals surface area contributed by atoms with Gasteiger partial charge in [-0.15, -0.1) is 0 Å². The molecule has 0 amide bonds. The Kier molecular flexibility index (Phi) is 5.65. The van der Waals surface area contributed by atoms with Gasteiger partial charge in [0.05, 0.1) is 5.02 Å². The third kappa shape index (κ3) is 4.67. The minimum absolute atomic E-state index is 0.00495. The van der Waals surface area contributed by atoms with Crippen molar-refractivity contribution in [2.75, 3.05) is 6.54 Å². The molecule has 3 nitrogen and oxygen atoms in total. The van der Waals surface area contributed by atoms with Crippen LogP contribution >= 0.6 is 23.2 Å². The number of nitrogens with zero attached hydrogens (tertiary/aromatic N) is 1. The van der Waals surface area contributed by atoms with Crippen molar-refractivity contribution in [3.8, 4) is 5.75 Å². The fourth-order valence-electron chi connectivity index (χ4n) is 1.75. The largest absolute Gasteiger partial charge is 0.488 e. The molecule has 1 atom stereocenters. The van der Waals surface area contributed by atoms with Crippen molar-refractivity contribution in [1.29, 1.82) is 0 Å². The second kappa shape index (κ2) is 7.48. The lowest BCUT2D eigenvalue weighted by molar-refractivity contribution is 0.217. The first-order valence-corrected chi connectivity index (χ1v) is 7.12. The molecule has 0 fully saturated rings. The van der Waals surface area contributed by atoms with Crippen molar-refractivity contribution in [3.05, 3.63) is 58.3 Å². The highest BCUT2D eigenvalue weighted by atomic mass is 35.5. The van der Waals surface area contributed by atoms with E-state index in [0.29, 0.717) is 22.3 Å². The van der Waals surface area contributed by atoms with E-state index in [1.807, 2.05) is 25.3 Å². The Bertz CT molecular complexity index is 549. The smallest absolute Gasteiger partial charge is 0.138 e. The fourth-order valence-corrected chi connectivity index (χ4v) is 2.20. The molecule has 0 radical (unpaired) electrons. The number of nitrogens with one attached hydrogen (secondary N) is 1. The van der Waals surface area contributed by atoms with Gasteiger partial charge in [0.1, 0.15) is 11.9 Å². The van der Waals surface area contributed by atoms with Crippen LogP contribution in [0.2, 0.25) is 10.0 Å². The van der Waals surface area contributed by atoms with Gasteiger partial charge >= 0.3 is 0 Å².